The van der Waals surface area contributed by atoms with Crippen molar-refractivity contribution in [3.8, 4) is 0 Å². The molecule has 1 amide bonds. The first kappa shape index (κ1) is 19.4. The minimum atomic E-state index is -0.0328. The number of nitrogens with zero attached hydrogens (tertiary/aromatic N) is 2. The van der Waals surface area contributed by atoms with Gasteiger partial charge in [0.25, 0.3) is 0 Å². The molecule has 0 aliphatic carbocycles. The van der Waals surface area contributed by atoms with Gasteiger partial charge in [-0.3, -0.25) is 9.69 Å². The van der Waals surface area contributed by atoms with Crippen molar-refractivity contribution in [1.82, 2.24) is 15.2 Å². The van der Waals surface area contributed by atoms with Crippen LogP contribution in [0.25, 0.3) is 10.2 Å². The molecule has 1 aliphatic heterocycles. The number of likely N-dealkylation sites (tertiary alicyclic amines) is 1. The Balaban J connectivity index is 1.35. The van der Waals surface area contributed by atoms with Crippen molar-refractivity contribution in [2.45, 2.75) is 31.7 Å². The number of aromatic nitrogens is 1. The first-order chi connectivity index (χ1) is 13.6. The van der Waals surface area contributed by atoms with Crippen LogP contribution in [-0.4, -0.2) is 35.4 Å². The van der Waals surface area contributed by atoms with Gasteiger partial charge in [-0.2, -0.15) is 0 Å². The number of rotatable bonds is 5. The molecule has 1 aliphatic rings. The maximum absolute atomic E-state index is 12.6. The van der Waals surface area contributed by atoms with Gasteiger partial charge in [0.05, 0.1) is 27.8 Å². The molecule has 2 aromatic carbocycles. The van der Waals surface area contributed by atoms with Crippen LogP contribution in [0.1, 0.15) is 42.3 Å². The largest absolute Gasteiger partial charge is 0.348 e. The Kier molecular flexibility index (Phi) is 5.95. The highest BCUT2D eigenvalue weighted by atomic mass is 35.5. The Morgan fingerprint density at radius 3 is 2.86 bits per heavy atom. The van der Waals surface area contributed by atoms with Crippen LogP contribution in [-0.2, 0) is 4.79 Å². The molecule has 2 atom stereocenters. The van der Waals surface area contributed by atoms with Gasteiger partial charge in [-0.1, -0.05) is 35.9 Å². The van der Waals surface area contributed by atoms with Gasteiger partial charge in [-0.05, 0) is 56.1 Å². The number of hydrogen-bond donors (Lipinski definition) is 1. The number of carbonyl (C=O) groups is 1. The average molecular weight is 414 g/mol. The average Bonchev–Trinajstić information content (AvgIpc) is 3.13. The zero-order valence-electron chi connectivity index (χ0n) is 15.9. The molecule has 1 saturated heterocycles. The number of piperidine rings is 1. The highest BCUT2D eigenvalue weighted by molar-refractivity contribution is 7.18. The Labute approximate surface area is 174 Å². The second kappa shape index (κ2) is 8.60. The van der Waals surface area contributed by atoms with Crippen molar-refractivity contribution in [3.05, 3.63) is 64.1 Å². The van der Waals surface area contributed by atoms with Crippen molar-refractivity contribution in [1.29, 1.82) is 0 Å². The number of amides is 1. The van der Waals surface area contributed by atoms with Crippen LogP contribution in [0.3, 0.4) is 0 Å². The van der Waals surface area contributed by atoms with E-state index in [1.54, 1.807) is 11.3 Å². The van der Waals surface area contributed by atoms with E-state index in [1.807, 2.05) is 37.3 Å². The molecular formula is C22H24ClN3OS. The lowest BCUT2D eigenvalue weighted by Gasteiger charge is -2.31. The third-order valence-corrected chi connectivity index (χ3v) is 6.73. The van der Waals surface area contributed by atoms with E-state index in [2.05, 4.69) is 28.4 Å². The number of fused-ring (bicyclic) bond motifs is 1. The van der Waals surface area contributed by atoms with Gasteiger partial charge in [0.2, 0.25) is 5.91 Å². The van der Waals surface area contributed by atoms with Crippen molar-refractivity contribution >= 4 is 39.1 Å². The molecule has 0 spiro atoms. The summed E-state index contributed by atoms with van der Waals surface area (Å²) in [5.41, 5.74) is 2.14. The molecule has 0 bridgehead atoms. The Morgan fingerprint density at radius 1 is 1.29 bits per heavy atom. The normalized spacial score (nSPS) is 18.9. The first-order valence-corrected chi connectivity index (χ1v) is 10.9. The summed E-state index contributed by atoms with van der Waals surface area (Å²) in [7, 11) is 0. The monoisotopic (exact) mass is 413 g/mol. The number of thiazole rings is 1. The molecule has 1 fully saturated rings. The van der Waals surface area contributed by atoms with Crippen LogP contribution in [0, 0.1) is 0 Å². The van der Waals surface area contributed by atoms with Gasteiger partial charge < -0.3 is 5.32 Å². The molecule has 3 aromatic rings. The Hall–Kier alpha value is -1.95. The van der Waals surface area contributed by atoms with Crippen molar-refractivity contribution in [3.63, 3.8) is 0 Å². The summed E-state index contributed by atoms with van der Waals surface area (Å²) in [5.74, 6) is 0.472. The summed E-state index contributed by atoms with van der Waals surface area (Å²) in [6.07, 6.45) is 2.24. The zero-order valence-corrected chi connectivity index (χ0v) is 17.5. The number of nitrogens with one attached hydrogen (secondary N) is 1. The SMILES string of the molecule is C[C@H](NC(=O)CN1CCC[C@@H](c2nc3ccccc3s2)C1)c1ccc(Cl)cc1. The van der Waals surface area contributed by atoms with E-state index in [0.717, 1.165) is 37.0 Å². The fourth-order valence-corrected chi connectivity index (χ4v) is 5.01. The summed E-state index contributed by atoms with van der Waals surface area (Å²) in [4.78, 5) is 19.6. The van der Waals surface area contributed by atoms with E-state index in [9.17, 15) is 4.79 Å². The van der Waals surface area contributed by atoms with E-state index >= 15 is 0 Å². The standard InChI is InChI=1S/C22H24ClN3OS/c1-15(16-8-10-18(23)11-9-16)24-21(27)14-26-12-4-5-17(13-26)22-25-19-6-2-3-7-20(19)28-22/h2-3,6-11,15,17H,4-5,12-14H2,1H3,(H,24,27)/t15-,17+/m0/s1. The van der Waals surface area contributed by atoms with Crippen LogP contribution >= 0.6 is 22.9 Å². The predicted octanol–water partition coefficient (Wildman–Crippen LogP) is 5.01. The third-order valence-electron chi connectivity index (χ3n) is 5.28. The lowest BCUT2D eigenvalue weighted by atomic mass is 9.98. The molecule has 146 valence electrons. The van der Waals surface area contributed by atoms with Gasteiger partial charge in [0.1, 0.15) is 0 Å². The number of hydrogen-bond acceptors (Lipinski definition) is 4. The maximum Gasteiger partial charge on any atom is 0.234 e. The van der Waals surface area contributed by atoms with E-state index in [0.29, 0.717) is 17.5 Å². The topological polar surface area (TPSA) is 45.2 Å². The van der Waals surface area contributed by atoms with Crippen LogP contribution in [0.4, 0.5) is 0 Å². The molecule has 4 rings (SSSR count). The summed E-state index contributed by atoms with van der Waals surface area (Å²) in [6.45, 7) is 4.29. The minimum Gasteiger partial charge on any atom is -0.348 e. The highest BCUT2D eigenvalue weighted by Crippen LogP contribution is 2.32. The summed E-state index contributed by atoms with van der Waals surface area (Å²) in [6, 6.07) is 15.9. The van der Waals surface area contributed by atoms with Gasteiger partial charge in [0, 0.05) is 17.5 Å². The number of para-hydroxylation sites is 1. The van der Waals surface area contributed by atoms with Crippen LogP contribution in [0.5, 0.6) is 0 Å². The smallest absolute Gasteiger partial charge is 0.234 e. The fourth-order valence-electron chi connectivity index (χ4n) is 3.79. The van der Waals surface area contributed by atoms with Crippen molar-refractivity contribution < 1.29 is 4.79 Å². The van der Waals surface area contributed by atoms with E-state index in [-0.39, 0.29) is 11.9 Å². The lowest BCUT2D eigenvalue weighted by molar-refractivity contribution is -0.123. The number of benzene rings is 2. The molecule has 0 radical (unpaired) electrons. The maximum atomic E-state index is 12.6. The van der Waals surface area contributed by atoms with Gasteiger partial charge in [-0.15, -0.1) is 11.3 Å². The zero-order chi connectivity index (χ0) is 19.5. The second-order valence-corrected chi connectivity index (χ2v) is 8.93. The molecule has 1 aromatic heterocycles. The molecule has 1 N–H and O–H groups in total. The lowest BCUT2D eigenvalue weighted by Crippen LogP contribution is -2.42. The molecule has 2 heterocycles. The van der Waals surface area contributed by atoms with Crippen LogP contribution in [0.15, 0.2) is 48.5 Å². The highest BCUT2D eigenvalue weighted by Gasteiger charge is 2.25. The van der Waals surface area contributed by atoms with E-state index in [1.165, 1.54) is 9.71 Å². The van der Waals surface area contributed by atoms with Crippen LogP contribution in [0.2, 0.25) is 5.02 Å². The third kappa shape index (κ3) is 4.54. The Bertz CT molecular complexity index is 923. The number of halogens is 1. The van der Waals surface area contributed by atoms with Gasteiger partial charge >= 0.3 is 0 Å². The molecule has 4 nitrogen and oxygen atoms in total. The molecule has 0 saturated carbocycles. The predicted molar refractivity (Wildman–Crippen MR) is 116 cm³/mol. The Morgan fingerprint density at radius 2 is 2.07 bits per heavy atom. The first-order valence-electron chi connectivity index (χ1n) is 9.71. The van der Waals surface area contributed by atoms with Crippen molar-refractivity contribution in [2.75, 3.05) is 19.6 Å². The van der Waals surface area contributed by atoms with Crippen molar-refractivity contribution in [2.24, 2.45) is 0 Å². The van der Waals surface area contributed by atoms with Gasteiger partial charge in [0.15, 0.2) is 0 Å². The summed E-state index contributed by atoms with van der Waals surface area (Å²) >= 11 is 7.73. The second-order valence-electron chi connectivity index (χ2n) is 7.43. The minimum absolute atomic E-state index is 0.0328. The number of carbonyl (C=O) groups excluding carboxylic acids is 1. The molecule has 6 heteroatoms. The van der Waals surface area contributed by atoms with E-state index in [4.69, 9.17) is 16.6 Å². The van der Waals surface area contributed by atoms with Gasteiger partial charge in [-0.25, -0.2) is 4.98 Å². The molecule has 28 heavy (non-hydrogen) atoms. The van der Waals surface area contributed by atoms with Crippen LogP contribution < -0.4 is 5.32 Å². The summed E-state index contributed by atoms with van der Waals surface area (Å²) < 4.78 is 1.24. The molecule has 0 unspecified atom stereocenters. The molecular weight excluding hydrogens is 390 g/mol. The fraction of sp³-hybridized carbons (Fsp3) is 0.364. The quantitative estimate of drug-likeness (QED) is 0.639. The van der Waals surface area contributed by atoms with E-state index < -0.39 is 0 Å². The summed E-state index contributed by atoms with van der Waals surface area (Å²) in [5, 5.41) is 5.00.